The zero-order valence-corrected chi connectivity index (χ0v) is 12.9. The van der Waals surface area contributed by atoms with E-state index in [1.165, 1.54) is 25.3 Å². The zero-order valence-electron chi connectivity index (χ0n) is 12.9. The highest BCUT2D eigenvalue weighted by Crippen LogP contribution is 2.27. The van der Waals surface area contributed by atoms with Crippen molar-refractivity contribution in [1.29, 1.82) is 0 Å². The summed E-state index contributed by atoms with van der Waals surface area (Å²) >= 11 is 0. The van der Waals surface area contributed by atoms with Gasteiger partial charge in [-0.3, -0.25) is 9.48 Å². The summed E-state index contributed by atoms with van der Waals surface area (Å²) in [5.41, 5.74) is -0.655. The minimum atomic E-state index is -4.57. The first-order valence-corrected chi connectivity index (χ1v) is 6.94. The Balaban J connectivity index is 2.04. The van der Waals surface area contributed by atoms with Gasteiger partial charge < -0.3 is 10.1 Å². The maximum atomic E-state index is 13.4. The molecule has 24 heavy (non-hydrogen) atoms. The van der Waals surface area contributed by atoms with E-state index in [9.17, 15) is 22.4 Å². The number of methoxy groups -OCH3 is 1. The highest BCUT2D eigenvalue weighted by molar-refractivity contribution is 5.76. The lowest BCUT2D eigenvalue weighted by Gasteiger charge is -2.17. The molecule has 0 aliphatic heterocycles. The van der Waals surface area contributed by atoms with Crippen molar-refractivity contribution < 1.29 is 27.1 Å². The van der Waals surface area contributed by atoms with Gasteiger partial charge in [-0.25, -0.2) is 4.39 Å². The minimum Gasteiger partial charge on any atom is -0.496 e. The monoisotopic (exact) mass is 345 g/mol. The number of benzene rings is 1. The van der Waals surface area contributed by atoms with E-state index in [-0.39, 0.29) is 0 Å². The normalized spacial score (nSPS) is 12.8. The molecule has 0 spiro atoms. The van der Waals surface area contributed by atoms with E-state index in [1.54, 1.807) is 6.92 Å². The molecule has 130 valence electrons. The van der Waals surface area contributed by atoms with Crippen LogP contribution in [0.5, 0.6) is 5.75 Å². The maximum absolute atomic E-state index is 13.4. The molecule has 1 atom stereocenters. The summed E-state index contributed by atoms with van der Waals surface area (Å²) in [6, 6.07) is 4.06. The van der Waals surface area contributed by atoms with Crippen molar-refractivity contribution in [2.45, 2.75) is 25.7 Å². The van der Waals surface area contributed by atoms with Crippen LogP contribution in [0.15, 0.2) is 30.5 Å². The number of carbonyl (C=O) groups excluding carboxylic acids is 1. The van der Waals surface area contributed by atoms with Gasteiger partial charge in [-0.15, -0.1) is 0 Å². The number of hydrogen-bond acceptors (Lipinski definition) is 3. The number of halogens is 4. The Kier molecular flexibility index (Phi) is 5.10. The number of hydrogen-bond donors (Lipinski definition) is 1. The van der Waals surface area contributed by atoms with Crippen LogP contribution in [0, 0.1) is 5.82 Å². The summed E-state index contributed by atoms with van der Waals surface area (Å²) in [5, 5.41) is 5.86. The molecule has 0 saturated heterocycles. The van der Waals surface area contributed by atoms with Crippen LogP contribution in [0.1, 0.15) is 24.2 Å². The standard InChI is InChI=1S/C15H15F4N3O2/c1-9(11-7-10(16)3-4-12(11)24-2)20-14(23)8-22-6-5-13(21-22)15(17,18)19/h3-7,9H,8H2,1-2H3,(H,20,23)/t9-/m0/s1. The van der Waals surface area contributed by atoms with Crippen LogP contribution >= 0.6 is 0 Å². The Morgan fingerprint density at radius 1 is 1.38 bits per heavy atom. The van der Waals surface area contributed by atoms with Crippen molar-refractivity contribution in [1.82, 2.24) is 15.1 Å². The molecule has 1 aromatic heterocycles. The predicted molar refractivity (Wildman–Crippen MR) is 76.7 cm³/mol. The first-order valence-electron chi connectivity index (χ1n) is 6.94. The fourth-order valence-electron chi connectivity index (χ4n) is 2.16. The molecule has 1 heterocycles. The topological polar surface area (TPSA) is 56.1 Å². The van der Waals surface area contributed by atoms with Crippen molar-refractivity contribution in [2.75, 3.05) is 7.11 Å². The minimum absolute atomic E-state index is 0.391. The molecule has 0 fully saturated rings. The number of rotatable bonds is 5. The Morgan fingerprint density at radius 2 is 2.08 bits per heavy atom. The van der Waals surface area contributed by atoms with E-state index < -0.39 is 36.2 Å². The van der Waals surface area contributed by atoms with E-state index >= 15 is 0 Å². The summed E-state index contributed by atoms with van der Waals surface area (Å²) in [4.78, 5) is 12.0. The smallest absolute Gasteiger partial charge is 0.435 e. The average molecular weight is 345 g/mol. The zero-order chi connectivity index (χ0) is 17.9. The summed E-state index contributed by atoms with van der Waals surface area (Å²) in [6.45, 7) is 1.22. The molecular weight excluding hydrogens is 330 g/mol. The Hall–Kier alpha value is -2.58. The fraction of sp³-hybridized carbons (Fsp3) is 0.333. The van der Waals surface area contributed by atoms with E-state index in [2.05, 4.69) is 10.4 Å². The van der Waals surface area contributed by atoms with Crippen molar-refractivity contribution in [2.24, 2.45) is 0 Å². The first-order chi connectivity index (χ1) is 11.2. The van der Waals surface area contributed by atoms with Gasteiger partial charge in [0, 0.05) is 11.8 Å². The van der Waals surface area contributed by atoms with Gasteiger partial charge in [0.15, 0.2) is 5.69 Å². The van der Waals surface area contributed by atoms with Crippen LogP contribution in [0.4, 0.5) is 17.6 Å². The van der Waals surface area contributed by atoms with Gasteiger partial charge in [-0.05, 0) is 31.2 Å². The van der Waals surface area contributed by atoms with Crippen LogP contribution in [0.2, 0.25) is 0 Å². The number of ether oxygens (including phenoxy) is 1. The van der Waals surface area contributed by atoms with Gasteiger partial charge in [0.05, 0.1) is 13.2 Å². The number of carbonyl (C=O) groups is 1. The Morgan fingerprint density at radius 3 is 2.67 bits per heavy atom. The SMILES string of the molecule is COc1ccc(F)cc1[C@H](C)NC(=O)Cn1ccc(C(F)(F)F)n1. The average Bonchev–Trinajstić information content (AvgIpc) is 2.95. The van der Waals surface area contributed by atoms with Crippen LogP contribution in [-0.2, 0) is 17.5 Å². The second-order valence-electron chi connectivity index (χ2n) is 5.07. The number of aromatic nitrogens is 2. The maximum Gasteiger partial charge on any atom is 0.435 e. The van der Waals surface area contributed by atoms with Crippen molar-refractivity contribution in [3.8, 4) is 5.75 Å². The molecule has 0 aliphatic carbocycles. The first kappa shape index (κ1) is 17.8. The van der Waals surface area contributed by atoms with Gasteiger partial charge in [-0.1, -0.05) is 0 Å². The van der Waals surface area contributed by atoms with Crippen LogP contribution in [-0.4, -0.2) is 22.8 Å². The lowest BCUT2D eigenvalue weighted by molar-refractivity contribution is -0.141. The molecule has 1 N–H and O–H groups in total. The highest BCUT2D eigenvalue weighted by atomic mass is 19.4. The summed E-state index contributed by atoms with van der Waals surface area (Å²) in [7, 11) is 1.41. The van der Waals surface area contributed by atoms with Crippen molar-refractivity contribution in [3.63, 3.8) is 0 Å². The van der Waals surface area contributed by atoms with E-state index in [0.717, 1.165) is 16.9 Å². The second-order valence-corrected chi connectivity index (χ2v) is 5.07. The summed E-state index contributed by atoms with van der Waals surface area (Å²) in [5.74, 6) is -0.665. The third-order valence-electron chi connectivity index (χ3n) is 3.27. The number of nitrogens with zero attached hydrogens (tertiary/aromatic N) is 2. The molecule has 0 radical (unpaired) electrons. The van der Waals surface area contributed by atoms with Crippen LogP contribution in [0.25, 0.3) is 0 Å². The summed E-state index contributed by atoms with van der Waals surface area (Å²) in [6.07, 6.45) is -3.50. The third kappa shape index (κ3) is 4.24. The van der Waals surface area contributed by atoms with Gasteiger partial charge in [0.25, 0.3) is 0 Å². The molecule has 2 rings (SSSR count). The van der Waals surface area contributed by atoms with Crippen LogP contribution < -0.4 is 10.1 Å². The Labute approximate surface area is 135 Å². The van der Waals surface area contributed by atoms with Crippen molar-refractivity contribution >= 4 is 5.91 Å². The largest absolute Gasteiger partial charge is 0.496 e. The molecule has 0 saturated carbocycles. The molecule has 1 amide bonds. The van der Waals surface area contributed by atoms with Gasteiger partial charge in [0.1, 0.15) is 18.1 Å². The quantitative estimate of drug-likeness (QED) is 0.848. The van der Waals surface area contributed by atoms with Crippen LogP contribution in [0.3, 0.4) is 0 Å². The third-order valence-corrected chi connectivity index (χ3v) is 3.27. The predicted octanol–water partition coefficient (Wildman–Crippen LogP) is 2.93. The number of amides is 1. The molecule has 2 aromatic rings. The molecule has 0 bridgehead atoms. The van der Waals surface area contributed by atoms with E-state index in [1.807, 2.05) is 0 Å². The number of alkyl halides is 3. The molecule has 1 aromatic carbocycles. The summed E-state index contributed by atoms with van der Waals surface area (Å²) < 4.78 is 56.7. The fourth-order valence-corrected chi connectivity index (χ4v) is 2.16. The van der Waals surface area contributed by atoms with Gasteiger partial charge in [0.2, 0.25) is 5.91 Å². The molecular formula is C15H15F4N3O2. The molecule has 5 nitrogen and oxygen atoms in total. The second kappa shape index (κ2) is 6.90. The van der Waals surface area contributed by atoms with E-state index in [0.29, 0.717) is 11.3 Å². The lowest BCUT2D eigenvalue weighted by atomic mass is 10.1. The molecule has 0 aliphatic rings. The number of nitrogens with one attached hydrogen (secondary N) is 1. The molecule has 0 unspecified atom stereocenters. The highest BCUT2D eigenvalue weighted by Gasteiger charge is 2.33. The Bertz CT molecular complexity index is 728. The van der Waals surface area contributed by atoms with E-state index in [4.69, 9.17) is 4.74 Å². The lowest BCUT2D eigenvalue weighted by Crippen LogP contribution is -2.30. The van der Waals surface area contributed by atoms with Gasteiger partial charge in [-0.2, -0.15) is 18.3 Å². The molecule has 9 heteroatoms. The van der Waals surface area contributed by atoms with Crippen molar-refractivity contribution in [3.05, 3.63) is 47.5 Å². The van der Waals surface area contributed by atoms with Gasteiger partial charge >= 0.3 is 6.18 Å².